The lowest BCUT2D eigenvalue weighted by Crippen LogP contribution is -2.23. The van der Waals surface area contributed by atoms with E-state index >= 15 is 0 Å². The summed E-state index contributed by atoms with van der Waals surface area (Å²) in [6.45, 7) is 4.27. The van der Waals surface area contributed by atoms with Crippen molar-refractivity contribution in [3.63, 3.8) is 0 Å². The molecule has 0 spiro atoms. The molecule has 0 aliphatic carbocycles. The third-order valence-electron chi connectivity index (χ3n) is 6.00. The van der Waals surface area contributed by atoms with E-state index in [0.717, 1.165) is 16.6 Å². The summed E-state index contributed by atoms with van der Waals surface area (Å²) in [5.74, 6) is 0.889. The fourth-order valence-electron chi connectivity index (χ4n) is 3.72. The molecule has 0 N–H and O–H groups in total. The van der Waals surface area contributed by atoms with Gasteiger partial charge >= 0.3 is 0 Å². The van der Waals surface area contributed by atoms with Crippen molar-refractivity contribution in [2.75, 3.05) is 19.0 Å². The summed E-state index contributed by atoms with van der Waals surface area (Å²) in [5.41, 5.74) is 2.75. The molecule has 0 bridgehead atoms. The lowest BCUT2D eigenvalue weighted by Gasteiger charge is -2.17. The lowest BCUT2D eigenvalue weighted by atomic mass is 10.1. The Morgan fingerprint density at radius 1 is 1.17 bits per heavy atom. The van der Waals surface area contributed by atoms with Gasteiger partial charge in [-0.2, -0.15) is 9.78 Å². The van der Waals surface area contributed by atoms with Crippen LogP contribution in [0.1, 0.15) is 43.1 Å². The standard InChI is InChI=1S/C28H28BrFN4O2/c1-5-18(2)27-32-25-12-10-21(29)14-24(25)28(35)34(27)31-16-20-9-11-23(33(3)4)15-26(20)36-17-19-7-6-8-22(30)13-19/h6-16,18H,5,17H2,1-4H3/t18-/m1/s1. The molecule has 0 aliphatic rings. The lowest BCUT2D eigenvalue weighted by molar-refractivity contribution is 0.305. The van der Waals surface area contributed by atoms with E-state index in [1.54, 1.807) is 18.3 Å². The number of anilines is 1. The van der Waals surface area contributed by atoms with Gasteiger partial charge in [0.25, 0.3) is 5.56 Å². The van der Waals surface area contributed by atoms with Crippen molar-refractivity contribution >= 4 is 38.7 Å². The zero-order valence-corrected chi connectivity index (χ0v) is 22.3. The van der Waals surface area contributed by atoms with Gasteiger partial charge < -0.3 is 9.64 Å². The molecule has 0 unspecified atom stereocenters. The first kappa shape index (κ1) is 25.6. The van der Waals surface area contributed by atoms with Gasteiger partial charge in [-0.05, 0) is 54.4 Å². The van der Waals surface area contributed by atoms with Crippen LogP contribution in [-0.4, -0.2) is 30.0 Å². The van der Waals surface area contributed by atoms with Crippen molar-refractivity contribution in [1.82, 2.24) is 9.66 Å². The molecular weight excluding hydrogens is 523 g/mol. The van der Waals surface area contributed by atoms with Gasteiger partial charge in [-0.15, -0.1) is 0 Å². The Morgan fingerprint density at radius 3 is 2.69 bits per heavy atom. The van der Waals surface area contributed by atoms with E-state index in [1.165, 1.54) is 16.8 Å². The average Bonchev–Trinajstić information content (AvgIpc) is 2.87. The molecule has 4 aromatic rings. The van der Waals surface area contributed by atoms with Crippen LogP contribution in [0.3, 0.4) is 0 Å². The summed E-state index contributed by atoms with van der Waals surface area (Å²) < 4.78 is 21.9. The van der Waals surface area contributed by atoms with Crippen LogP contribution in [0.2, 0.25) is 0 Å². The molecule has 186 valence electrons. The first-order valence-corrected chi connectivity index (χ1v) is 12.5. The summed E-state index contributed by atoms with van der Waals surface area (Å²) in [6.07, 6.45) is 2.42. The molecule has 0 aliphatic heterocycles. The summed E-state index contributed by atoms with van der Waals surface area (Å²) in [5, 5.41) is 5.06. The molecule has 1 aromatic heterocycles. The maximum atomic E-state index is 13.6. The van der Waals surface area contributed by atoms with Gasteiger partial charge in [0.05, 0.1) is 17.1 Å². The summed E-state index contributed by atoms with van der Waals surface area (Å²) in [7, 11) is 3.88. The first-order valence-electron chi connectivity index (χ1n) is 11.7. The Kier molecular flexibility index (Phi) is 7.84. The van der Waals surface area contributed by atoms with Crippen LogP contribution in [0.15, 0.2) is 75.0 Å². The summed E-state index contributed by atoms with van der Waals surface area (Å²) in [6, 6.07) is 17.5. The summed E-state index contributed by atoms with van der Waals surface area (Å²) in [4.78, 5) is 20.2. The van der Waals surface area contributed by atoms with E-state index in [9.17, 15) is 9.18 Å². The van der Waals surface area contributed by atoms with Gasteiger partial charge in [-0.1, -0.05) is 41.9 Å². The molecule has 6 nitrogen and oxygen atoms in total. The number of aromatic nitrogens is 2. The van der Waals surface area contributed by atoms with E-state index in [0.29, 0.717) is 33.6 Å². The topological polar surface area (TPSA) is 59.7 Å². The van der Waals surface area contributed by atoms with Gasteiger partial charge in [0.2, 0.25) is 0 Å². The van der Waals surface area contributed by atoms with Crippen LogP contribution in [0.25, 0.3) is 10.9 Å². The predicted molar refractivity (Wildman–Crippen MR) is 147 cm³/mol. The van der Waals surface area contributed by atoms with Crippen LogP contribution in [0.4, 0.5) is 10.1 Å². The smallest absolute Gasteiger partial charge is 0.282 e. The minimum Gasteiger partial charge on any atom is -0.488 e. The number of halogens is 2. The fourth-order valence-corrected chi connectivity index (χ4v) is 4.08. The van der Waals surface area contributed by atoms with Crippen LogP contribution >= 0.6 is 15.9 Å². The molecule has 1 heterocycles. The summed E-state index contributed by atoms with van der Waals surface area (Å²) >= 11 is 3.44. The second-order valence-corrected chi connectivity index (χ2v) is 9.75. The normalized spacial score (nSPS) is 12.3. The molecule has 0 saturated heterocycles. The number of nitrogens with zero attached hydrogens (tertiary/aromatic N) is 4. The molecule has 0 radical (unpaired) electrons. The van der Waals surface area contributed by atoms with Crippen LogP contribution in [0, 0.1) is 5.82 Å². The van der Waals surface area contributed by atoms with E-state index in [-0.39, 0.29) is 23.9 Å². The third-order valence-corrected chi connectivity index (χ3v) is 6.49. The number of ether oxygens (including phenoxy) is 1. The van der Waals surface area contributed by atoms with Crippen molar-refractivity contribution in [3.05, 3.63) is 98.3 Å². The predicted octanol–water partition coefficient (Wildman–Crippen LogP) is 6.34. The zero-order chi connectivity index (χ0) is 25.8. The first-order chi connectivity index (χ1) is 17.3. The van der Waals surface area contributed by atoms with Crippen LogP contribution in [0.5, 0.6) is 5.75 Å². The zero-order valence-electron chi connectivity index (χ0n) is 20.7. The highest BCUT2D eigenvalue weighted by atomic mass is 79.9. The number of hydrogen-bond donors (Lipinski definition) is 0. The van der Waals surface area contributed by atoms with E-state index < -0.39 is 0 Å². The number of fused-ring (bicyclic) bond motifs is 1. The van der Waals surface area contributed by atoms with Gasteiger partial charge in [0.1, 0.15) is 24.0 Å². The molecule has 0 fully saturated rings. The Morgan fingerprint density at radius 2 is 1.97 bits per heavy atom. The SMILES string of the molecule is CC[C@@H](C)c1nc2ccc(Br)cc2c(=O)n1N=Cc1ccc(N(C)C)cc1OCc1cccc(F)c1. The van der Waals surface area contributed by atoms with Crippen molar-refractivity contribution in [2.45, 2.75) is 32.8 Å². The Hall–Kier alpha value is -3.52. The molecular formula is C28H28BrFN4O2. The van der Waals surface area contributed by atoms with Gasteiger partial charge in [0.15, 0.2) is 0 Å². The highest BCUT2D eigenvalue weighted by molar-refractivity contribution is 9.10. The van der Waals surface area contributed by atoms with Crippen molar-refractivity contribution in [3.8, 4) is 5.75 Å². The highest BCUT2D eigenvalue weighted by Gasteiger charge is 2.16. The molecule has 36 heavy (non-hydrogen) atoms. The molecule has 0 amide bonds. The monoisotopic (exact) mass is 550 g/mol. The van der Waals surface area contributed by atoms with E-state index in [4.69, 9.17) is 9.72 Å². The number of hydrogen-bond acceptors (Lipinski definition) is 5. The van der Waals surface area contributed by atoms with Crippen molar-refractivity contribution < 1.29 is 9.13 Å². The fraction of sp³-hybridized carbons (Fsp3) is 0.250. The number of rotatable bonds is 8. The molecule has 8 heteroatoms. The van der Waals surface area contributed by atoms with Crippen molar-refractivity contribution in [2.24, 2.45) is 5.10 Å². The van der Waals surface area contributed by atoms with Gasteiger partial charge in [0, 0.05) is 41.8 Å². The Balaban J connectivity index is 1.77. The van der Waals surface area contributed by atoms with Gasteiger partial charge in [-0.3, -0.25) is 4.79 Å². The molecule has 4 rings (SSSR count). The average molecular weight is 551 g/mol. The van der Waals surface area contributed by atoms with Crippen molar-refractivity contribution in [1.29, 1.82) is 0 Å². The van der Waals surface area contributed by atoms with Crippen LogP contribution in [-0.2, 0) is 6.61 Å². The molecule has 0 saturated carbocycles. The quantitative estimate of drug-likeness (QED) is 0.240. The number of benzene rings is 3. The Labute approximate surface area is 218 Å². The molecule has 1 atom stereocenters. The van der Waals surface area contributed by atoms with Gasteiger partial charge in [-0.25, -0.2) is 9.37 Å². The second kappa shape index (κ2) is 11.0. The maximum Gasteiger partial charge on any atom is 0.282 e. The third kappa shape index (κ3) is 5.65. The minimum atomic E-state index is -0.313. The van der Waals surface area contributed by atoms with E-state index in [1.807, 2.05) is 62.3 Å². The largest absolute Gasteiger partial charge is 0.488 e. The molecule has 3 aromatic carbocycles. The Bertz CT molecular complexity index is 1480. The van der Waals surface area contributed by atoms with Crippen LogP contribution < -0.4 is 15.2 Å². The van der Waals surface area contributed by atoms with E-state index in [2.05, 4.69) is 28.0 Å². The minimum absolute atomic E-state index is 0.0303. The highest BCUT2D eigenvalue weighted by Crippen LogP contribution is 2.26. The second-order valence-electron chi connectivity index (χ2n) is 8.84. The maximum absolute atomic E-state index is 13.6.